The Morgan fingerprint density at radius 1 is 1.47 bits per heavy atom. The number of hydrogen-bond donors (Lipinski definition) is 1. The number of aromatic nitrogens is 2. The minimum atomic E-state index is 0.282. The minimum Gasteiger partial charge on any atom is -0.473 e. The van der Waals surface area contributed by atoms with Crippen LogP contribution in [0.2, 0.25) is 0 Å². The van der Waals surface area contributed by atoms with Crippen molar-refractivity contribution in [2.45, 2.75) is 25.9 Å². The average molecular weight is 249 g/mol. The quantitative estimate of drug-likeness (QED) is 0.905. The van der Waals surface area contributed by atoms with Crippen LogP contribution in [0.4, 0.5) is 0 Å². The summed E-state index contributed by atoms with van der Waals surface area (Å²) in [6.07, 6.45) is 3.96. The predicted octanol–water partition coefficient (Wildman–Crippen LogP) is 2.12. The van der Waals surface area contributed by atoms with Crippen molar-refractivity contribution >= 4 is 21.6 Å². The van der Waals surface area contributed by atoms with Gasteiger partial charge in [-0.1, -0.05) is 0 Å². The summed E-state index contributed by atoms with van der Waals surface area (Å²) in [7, 11) is 0. The zero-order chi connectivity index (χ0) is 11.8. The van der Waals surface area contributed by atoms with Crippen molar-refractivity contribution < 1.29 is 4.74 Å². The van der Waals surface area contributed by atoms with Crippen molar-refractivity contribution in [1.82, 2.24) is 9.97 Å². The first-order chi connectivity index (χ1) is 8.28. The molecule has 2 aromatic heterocycles. The topological polar surface area (TPSA) is 61.0 Å². The summed E-state index contributed by atoms with van der Waals surface area (Å²) in [6, 6.07) is 0. The van der Waals surface area contributed by atoms with Crippen LogP contribution in [-0.4, -0.2) is 22.6 Å². The number of ether oxygens (including phenoxy) is 1. The first kappa shape index (κ1) is 10.9. The van der Waals surface area contributed by atoms with E-state index in [1.807, 2.05) is 0 Å². The minimum absolute atomic E-state index is 0.282. The van der Waals surface area contributed by atoms with Gasteiger partial charge >= 0.3 is 0 Å². The van der Waals surface area contributed by atoms with Crippen molar-refractivity contribution in [3.63, 3.8) is 0 Å². The average Bonchev–Trinajstić information content (AvgIpc) is 2.66. The van der Waals surface area contributed by atoms with Crippen molar-refractivity contribution in [3.05, 3.63) is 17.3 Å². The number of nitrogens with zero attached hydrogens (tertiary/aromatic N) is 2. The van der Waals surface area contributed by atoms with Gasteiger partial charge in [0.1, 0.15) is 17.1 Å². The molecule has 3 rings (SSSR count). The summed E-state index contributed by atoms with van der Waals surface area (Å²) in [5.74, 6) is 1.36. The molecule has 1 fully saturated rings. The highest BCUT2D eigenvalue weighted by Crippen LogP contribution is 2.35. The maximum Gasteiger partial charge on any atom is 0.235 e. The van der Waals surface area contributed by atoms with Crippen LogP contribution in [0, 0.1) is 12.8 Å². The molecule has 0 aliphatic heterocycles. The van der Waals surface area contributed by atoms with Crippen LogP contribution in [0.5, 0.6) is 5.88 Å². The summed E-state index contributed by atoms with van der Waals surface area (Å²) in [4.78, 5) is 8.52. The molecule has 0 bridgehead atoms. The Hall–Kier alpha value is -1.20. The predicted molar refractivity (Wildman–Crippen MR) is 68.3 cm³/mol. The molecule has 0 aromatic carbocycles. The Morgan fingerprint density at radius 3 is 3.06 bits per heavy atom. The lowest BCUT2D eigenvalue weighted by Crippen LogP contribution is -2.37. The van der Waals surface area contributed by atoms with Gasteiger partial charge in [-0.25, -0.2) is 9.97 Å². The largest absolute Gasteiger partial charge is 0.473 e. The zero-order valence-electron chi connectivity index (χ0n) is 9.72. The van der Waals surface area contributed by atoms with E-state index in [0.717, 1.165) is 35.5 Å². The standard InChI is InChI=1S/C12H15N3OS/c1-7-5-17-11-10(7)14-6-15-12(11)16-9-2-8(3-9)4-13/h5-6,8-9H,2-4,13H2,1H3. The number of aryl methyl sites for hydroxylation is 1. The molecule has 2 heterocycles. The van der Waals surface area contributed by atoms with Gasteiger partial charge in [-0.2, -0.15) is 0 Å². The van der Waals surface area contributed by atoms with Gasteiger partial charge in [-0.15, -0.1) is 11.3 Å². The molecule has 2 aromatic rings. The van der Waals surface area contributed by atoms with E-state index >= 15 is 0 Å². The van der Waals surface area contributed by atoms with Crippen LogP contribution < -0.4 is 10.5 Å². The SMILES string of the molecule is Cc1csc2c(OC3CC(CN)C3)ncnc12. The lowest BCUT2D eigenvalue weighted by molar-refractivity contribution is 0.0665. The van der Waals surface area contributed by atoms with E-state index in [4.69, 9.17) is 10.5 Å². The van der Waals surface area contributed by atoms with E-state index in [-0.39, 0.29) is 6.10 Å². The molecular formula is C12H15N3OS. The van der Waals surface area contributed by atoms with Crippen LogP contribution in [0.3, 0.4) is 0 Å². The number of hydrogen-bond acceptors (Lipinski definition) is 5. The number of fused-ring (bicyclic) bond motifs is 1. The van der Waals surface area contributed by atoms with Gasteiger partial charge in [-0.3, -0.25) is 0 Å². The molecule has 0 atom stereocenters. The molecule has 0 unspecified atom stereocenters. The molecule has 2 N–H and O–H groups in total. The molecule has 1 saturated carbocycles. The molecule has 0 radical (unpaired) electrons. The molecule has 0 saturated heterocycles. The van der Waals surface area contributed by atoms with Gasteiger partial charge < -0.3 is 10.5 Å². The third-order valence-corrected chi connectivity index (χ3v) is 4.38. The number of thiophene rings is 1. The van der Waals surface area contributed by atoms with Gasteiger partial charge in [0.15, 0.2) is 0 Å². The van der Waals surface area contributed by atoms with Crippen LogP contribution >= 0.6 is 11.3 Å². The van der Waals surface area contributed by atoms with Crippen molar-refractivity contribution in [2.75, 3.05) is 6.54 Å². The number of nitrogens with two attached hydrogens (primary N) is 1. The Bertz CT molecular complexity index is 534. The Balaban J connectivity index is 1.81. The highest BCUT2D eigenvalue weighted by Gasteiger charge is 2.30. The third-order valence-electron chi connectivity index (χ3n) is 3.30. The Kier molecular flexibility index (Phi) is 2.72. The summed E-state index contributed by atoms with van der Waals surface area (Å²) in [6.45, 7) is 2.82. The maximum absolute atomic E-state index is 5.91. The lowest BCUT2D eigenvalue weighted by Gasteiger charge is -2.34. The Morgan fingerprint density at radius 2 is 2.29 bits per heavy atom. The van der Waals surface area contributed by atoms with E-state index in [0.29, 0.717) is 5.92 Å². The normalized spacial score (nSPS) is 23.6. The maximum atomic E-state index is 5.91. The summed E-state index contributed by atoms with van der Waals surface area (Å²) in [5, 5.41) is 2.09. The fraction of sp³-hybridized carbons (Fsp3) is 0.500. The van der Waals surface area contributed by atoms with E-state index < -0.39 is 0 Å². The molecule has 1 aliphatic rings. The lowest BCUT2D eigenvalue weighted by atomic mass is 9.82. The molecule has 1 aliphatic carbocycles. The van der Waals surface area contributed by atoms with Gasteiger partial charge in [0.25, 0.3) is 0 Å². The van der Waals surface area contributed by atoms with Crippen molar-refractivity contribution in [3.8, 4) is 5.88 Å². The molecule has 90 valence electrons. The van der Waals surface area contributed by atoms with Gasteiger partial charge in [0.2, 0.25) is 5.88 Å². The van der Waals surface area contributed by atoms with Crippen molar-refractivity contribution in [2.24, 2.45) is 11.7 Å². The zero-order valence-corrected chi connectivity index (χ0v) is 10.5. The molecule has 0 spiro atoms. The highest BCUT2D eigenvalue weighted by atomic mass is 32.1. The van der Waals surface area contributed by atoms with Gasteiger partial charge in [0.05, 0.1) is 5.52 Å². The smallest absolute Gasteiger partial charge is 0.235 e. The fourth-order valence-corrected chi connectivity index (χ4v) is 3.09. The second-order valence-electron chi connectivity index (χ2n) is 4.59. The second-order valence-corrected chi connectivity index (χ2v) is 5.47. The van der Waals surface area contributed by atoms with E-state index in [1.54, 1.807) is 17.7 Å². The van der Waals surface area contributed by atoms with Crippen molar-refractivity contribution in [1.29, 1.82) is 0 Å². The molecule has 17 heavy (non-hydrogen) atoms. The summed E-state index contributed by atoms with van der Waals surface area (Å²) >= 11 is 1.65. The van der Waals surface area contributed by atoms with Gasteiger partial charge in [0, 0.05) is 0 Å². The molecule has 5 heteroatoms. The Labute approximate surface area is 104 Å². The van der Waals surface area contributed by atoms with Gasteiger partial charge in [-0.05, 0) is 43.2 Å². The monoisotopic (exact) mass is 249 g/mol. The molecular weight excluding hydrogens is 234 g/mol. The summed E-state index contributed by atoms with van der Waals surface area (Å²) in [5.41, 5.74) is 7.80. The highest BCUT2D eigenvalue weighted by molar-refractivity contribution is 7.17. The molecule has 4 nitrogen and oxygen atoms in total. The molecule has 0 amide bonds. The first-order valence-electron chi connectivity index (χ1n) is 5.83. The van der Waals surface area contributed by atoms with E-state index in [1.165, 1.54) is 5.56 Å². The van der Waals surface area contributed by atoms with Crippen LogP contribution in [0.25, 0.3) is 10.2 Å². The van der Waals surface area contributed by atoms with Crippen LogP contribution in [0.1, 0.15) is 18.4 Å². The van der Waals surface area contributed by atoms with E-state index in [2.05, 4.69) is 22.3 Å². The summed E-state index contributed by atoms with van der Waals surface area (Å²) < 4.78 is 6.97. The van der Waals surface area contributed by atoms with E-state index in [9.17, 15) is 0 Å². The number of rotatable bonds is 3. The van der Waals surface area contributed by atoms with Crippen LogP contribution in [-0.2, 0) is 0 Å². The first-order valence-corrected chi connectivity index (χ1v) is 6.71. The van der Waals surface area contributed by atoms with Crippen LogP contribution in [0.15, 0.2) is 11.7 Å². The second kappa shape index (κ2) is 4.23. The fourth-order valence-electron chi connectivity index (χ4n) is 2.15. The third kappa shape index (κ3) is 1.89.